The lowest BCUT2D eigenvalue weighted by molar-refractivity contribution is -0.0648. The van der Waals surface area contributed by atoms with Crippen molar-refractivity contribution in [3.8, 4) is 0 Å². The number of aliphatic hydroxyl groups is 4. The van der Waals surface area contributed by atoms with Gasteiger partial charge in [-0.15, -0.1) is 0 Å². The number of carbonyl (C=O) groups excluding carboxylic acids is 2. The normalized spacial score (nSPS) is 34.7. The van der Waals surface area contributed by atoms with Crippen LogP contribution in [0, 0.1) is 0 Å². The lowest BCUT2D eigenvalue weighted by Gasteiger charge is -2.40. The zero-order valence-corrected chi connectivity index (χ0v) is 9.33. The maximum absolute atomic E-state index is 11.9. The van der Waals surface area contributed by atoms with Gasteiger partial charge in [0.25, 0.3) is 0 Å². The fourth-order valence-corrected chi connectivity index (χ4v) is 2.54. The molecule has 2 atom stereocenters. The molecular weight excluding hydrogens is 248 g/mol. The van der Waals surface area contributed by atoms with E-state index >= 15 is 0 Å². The summed E-state index contributed by atoms with van der Waals surface area (Å²) in [4.78, 5) is 24.9. The smallest absolute Gasteiger partial charge is 0.327 e. The van der Waals surface area contributed by atoms with E-state index in [1.54, 1.807) is 0 Å². The summed E-state index contributed by atoms with van der Waals surface area (Å²) in [5, 5.41) is 42.0. The zero-order valence-electron chi connectivity index (χ0n) is 9.33. The number of nitrogens with zero attached hydrogens (tertiary/aromatic N) is 2. The van der Waals surface area contributed by atoms with E-state index < -0.39 is 50.1 Å². The Morgan fingerprint density at radius 3 is 1.56 bits per heavy atom. The number of carbonyl (C=O) groups is 2. The maximum Gasteiger partial charge on any atom is 0.327 e. The molecule has 10 nitrogen and oxygen atoms in total. The van der Waals surface area contributed by atoms with E-state index in [0.29, 0.717) is 0 Å². The minimum absolute atomic E-state index is 0.734. The number of hydrogen-bond acceptors (Lipinski definition) is 6. The number of nitrogens with one attached hydrogen (secondary N) is 2. The van der Waals surface area contributed by atoms with Gasteiger partial charge in [0.05, 0.1) is 13.2 Å². The average Bonchev–Trinajstić information content (AvgIpc) is 2.74. The van der Waals surface area contributed by atoms with Crippen molar-refractivity contribution in [3.05, 3.63) is 0 Å². The number of urea groups is 2. The average molecular weight is 262 g/mol. The van der Waals surface area contributed by atoms with E-state index in [2.05, 4.69) is 10.6 Å². The number of rotatable bonds is 4. The van der Waals surface area contributed by atoms with Gasteiger partial charge in [0, 0.05) is 0 Å². The molecule has 2 rings (SSSR count). The van der Waals surface area contributed by atoms with Gasteiger partial charge < -0.3 is 31.1 Å². The molecule has 2 aliphatic heterocycles. The molecule has 0 aliphatic carbocycles. The van der Waals surface area contributed by atoms with Crippen LogP contribution in [0.1, 0.15) is 0 Å². The third kappa shape index (κ3) is 1.15. The minimum Gasteiger partial charge on any atom is -0.392 e. The number of amides is 4. The second-order valence-electron chi connectivity index (χ2n) is 4.04. The van der Waals surface area contributed by atoms with E-state index in [1.165, 1.54) is 0 Å². The highest BCUT2D eigenvalue weighted by molar-refractivity contribution is 5.88. The van der Waals surface area contributed by atoms with Crippen molar-refractivity contribution in [1.29, 1.82) is 0 Å². The molecule has 2 heterocycles. The van der Waals surface area contributed by atoms with Crippen LogP contribution in [0.4, 0.5) is 9.59 Å². The summed E-state index contributed by atoms with van der Waals surface area (Å²) in [6.07, 6.45) is 0. The highest BCUT2D eigenvalue weighted by Crippen LogP contribution is 2.40. The number of hydrogen-bond donors (Lipinski definition) is 6. The molecule has 0 spiro atoms. The van der Waals surface area contributed by atoms with Crippen molar-refractivity contribution < 1.29 is 30.0 Å². The molecule has 2 aliphatic rings. The predicted octanol–water partition coefficient (Wildman–Crippen LogP) is -3.69. The molecular formula is C8H14N4O6. The SMILES string of the molecule is O=C1NC2(CO)N(CO)C(=O)N(CO)C2(CO)N1. The quantitative estimate of drug-likeness (QED) is 0.307. The predicted molar refractivity (Wildman–Crippen MR) is 54.5 cm³/mol. The van der Waals surface area contributed by atoms with E-state index in [9.17, 15) is 30.0 Å². The van der Waals surface area contributed by atoms with Gasteiger partial charge in [0.15, 0.2) is 11.3 Å². The summed E-state index contributed by atoms with van der Waals surface area (Å²) in [5.41, 5.74) is -3.46. The van der Waals surface area contributed by atoms with Crippen molar-refractivity contribution in [2.45, 2.75) is 11.3 Å². The Balaban J connectivity index is 2.59. The van der Waals surface area contributed by atoms with Gasteiger partial charge in [0.2, 0.25) is 0 Å². The molecule has 0 aromatic rings. The standard InChI is InChI=1S/C8H14N4O6/c13-1-7-8(2-14,10-5(17)9-7)12(4-16)6(18)11(7)3-15/h13-16H,1-4H2,(H2,9,10,17). The summed E-state index contributed by atoms with van der Waals surface area (Å²) in [7, 11) is 0. The summed E-state index contributed by atoms with van der Waals surface area (Å²) in [5.74, 6) is 0. The molecule has 102 valence electrons. The third-order valence-corrected chi connectivity index (χ3v) is 3.45. The molecule has 6 N–H and O–H groups in total. The zero-order chi connectivity index (χ0) is 13.6. The summed E-state index contributed by atoms with van der Waals surface area (Å²) in [6.45, 7) is -3.07. The van der Waals surface area contributed by atoms with Gasteiger partial charge in [0.1, 0.15) is 13.5 Å². The lowest BCUT2D eigenvalue weighted by atomic mass is 9.95. The van der Waals surface area contributed by atoms with Gasteiger partial charge in [-0.25, -0.2) is 9.59 Å². The van der Waals surface area contributed by atoms with Gasteiger partial charge in [-0.05, 0) is 0 Å². The van der Waals surface area contributed by atoms with Crippen molar-refractivity contribution in [3.63, 3.8) is 0 Å². The first kappa shape index (κ1) is 12.8. The number of aliphatic hydroxyl groups excluding tert-OH is 4. The van der Waals surface area contributed by atoms with Crippen molar-refractivity contribution in [2.24, 2.45) is 0 Å². The molecule has 0 radical (unpaired) electrons. The van der Waals surface area contributed by atoms with Gasteiger partial charge in [-0.2, -0.15) is 0 Å². The van der Waals surface area contributed by atoms with Crippen LogP contribution >= 0.6 is 0 Å². The topological polar surface area (TPSA) is 146 Å². The summed E-state index contributed by atoms with van der Waals surface area (Å²) in [6, 6.07) is -1.56. The first-order valence-corrected chi connectivity index (χ1v) is 5.16. The molecule has 0 aromatic heterocycles. The highest BCUT2D eigenvalue weighted by atomic mass is 16.3. The highest BCUT2D eigenvalue weighted by Gasteiger charge is 2.72. The van der Waals surface area contributed by atoms with Crippen LogP contribution in [0.3, 0.4) is 0 Å². The Kier molecular flexibility index (Phi) is 2.81. The molecule has 0 aromatic carbocycles. The fourth-order valence-electron chi connectivity index (χ4n) is 2.54. The van der Waals surface area contributed by atoms with Crippen LogP contribution in [-0.4, -0.2) is 80.3 Å². The van der Waals surface area contributed by atoms with Crippen LogP contribution < -0.4 is 10.6 Å². The first-order valence-electron chi connectivity index (χ1n) is 5.16. The Hall–Kier alpha value is -1.62. The van der Waals surface area contributed by atoms with Gasteiger partial charge >= 0.3 is 12.1 Å². The molecule has 0 saturated carbocycles. The van der Waals surface area contributed by atoms with E-state index in [1.807, 2.05) is 0 Å². The summed E-state index contributed by atoms with van der Waals surface area (Å²) < 4.78 is 0. The molecule has 0 bridgehead atoms. The second kappa shape index (κ2) is 3.95. The Morgan fingerprint density at radius 2 is 1.28 bits per heavy atom. The third-order valence-electron chi connectivity index (χ3n) is 3.45. The van der Waals surface area contributed by atoms with E-state index in [4.69, 9.17) is 0 Å². The van der Waals surface area contributed by atoms with Gasteiger partial charge in [-0.3, -0.25) is 9.80 Å². The second-order valence-corrected chi connectivity index (χ2v) is 4.04. The van der Waals surface area contributed by atoms with Crippen LogP contribution in [0.15, 0.2) is 0 Å². The maximum atomic E-state index is 11.9. The van der Waals surface area contributed by atoms with Crippen molar-refractivity contribution >= 4 is 12.1 Å². The monoisotopic (exact) mass is 262 g/mol. The Morgan fingerprint density at radius 1 is 0.889 bits per heavy atom. The molecule has 2 fully saturated rings. The van der Waals surface area contributed by atoms with Crippen molar-refractivity contribution in [2.75, 3.05) is 26.7 Å². The molecule has 2 saturated heterocycles. The Bertz CT molecular complexity index is 360. The van der Waals surface area contributed by atoms with Crippen LogP contribution in [0.25, 0.3) is 0 Å². The summed E-state index contributed by atoms with van der Waals surface area (Å²) >= 11 is 0. The first-order chi connectivity index (χ1) is 8.52. The number of fused-ring (bicyclic) bond motifs is 1. The molecule has 18 heavy (non-hydrogen) atoms. The van der Waals surface area contributed by atoms with E-state index in [-0.39, 0.29) is 0 Å². The lowest BCUT2D eigenvalue weighted by Crippen LogP contribution is -2.71. The van der Waals surface area contributed by atoms with Crippen molar-refractivity contribution in [1.82, 2.24) is 20.4 Å². The fraction of sp³-hybridized carbons (Fsp3) is 0.750. The largest absolute Gasteiger partial charge is 0.392 e. The molecule has 4 amide bonds. The van der Waals surface area contributed by atoms with Gasteiger partial charge in [-0.1, -0.05) is 0 Å². The molecule has 2 unspecified atom stereocenters. The van der Waals surface area contributed by atoms with Crippen LogP contribution in [-0.2, 0) is 0 Å². The minimum atomic E-state index is -1.73. The Labute approximate surface area is 101 Å². The van der Waals surface area contributed by atoms with E-state index in [0.717, 1.165) is 9.80 Å². The van der Waals surface area contributed by atoms with Crippen LogP contribution in [0.5, 0.6) is 0 Å². The molecule has 10 heteroatoms. The van der Waals surface area contributed by atoms with Crippen LogP contribution in [0.2, 0.25) is 0 Å².